The Morgan fingerprint density at radius 1 is 1.07 bits per heavy atom. The summed E-state index contributed by atoms with van der Waals surface area (Å²) in [6, 6.07) is 8.21. The highest BCUT2D eigenvalue weighted by atomic mass is 16.5. The number of fused-ring (bicyclic) bond motifs is 1. The van der Waals surface area contributed by atoms with Crippen LogP contribution in [0.1, 0.15) is 25.7 Å². The zero-order valence-electron chi connectivity index (χ0n) is 16.9. The number of anilines is 1. The van der Waals surface area contributed by atoms with E-state index in [0.29, 0.717) is 25.0 Å². The van der Waals surface area contributed by atoms with Gasteiger partial charge in [0.25, 0.3) is 6.01 Å². The summed E-state index contributed by atoms with van der Waals surface area (Å²) in [5.74, 6) is 1.68. The third-order valence-corrected chi connectivity index (χ3v) is 6.39. The van der Waals surface area contributed by atoms with Gasteiger partial charge in [0.15, 0.2) is 5.58 Å². The number of oxazole rings is 1. The molecule has 1 saturated carbocycles. The zero-order valence-corrected chi connectivity index (χ0v) is 16.9. The van der Waals surface area contributed by atoms with Crippen LogP contribution in [-0.2, 0) is 9.53 Å². The van der Waals surface area contributed by atoms with Crippen molar-refractivity contribution >= 4 is 23.0 Å². The van der Waals surface area contributed by atoms with Crippen LogP contribution in [-0.4, -0.2) is 72.7 Å². The lowest BCUT2D eigenvalue weighted by molar-refractivity contribution is -0.149. The van der Waals surface area contributed by atoms with Gasteiger partial charge in [-0.15, -0.1) is 0 Å². The van der Waals surface area contributed by atoms with Crippen molar-refractivity contribution in [3.8, 4) is 0 Å². The molecule has 5 rings (SSSR count). The maximum absolute atomic E-state index is 12.4. The summed E-state index contributed by atoms with van der Waals surface area (Å²) in [6.45, 7) is 5.89. The average molecular weight is 399 g/mol. The first kappa shape index (κ1) is 18.9. The van der Waals surface area contributed by atoms with Crippen molar-refractivity contribution in [2.45, 2.75) is 31.8 Å². The molecule has 0 spiro atoms. The van der Waals surface area contributed by atoms with Crippen LogP contribution in [0.2, 0.25) is 0 Å². The summed E-state index contributed by atoms with van der Waals surface area (Å²) in [5, 5.41) is 3.23. The topological polar surface area (TPSA) is 70.8 Å². The number of piperidine rings is 1. The fraction of sp³-hybridized carbons (Fsp3) is 0.636. The predicted octanol–water partition coefficient (Wildman–Crippen LogP) is 2.59. The van der Waals surface area contributed by atoms with Crippen molar-refractivity contribution in [3.63, 3.8) is 0 Å². The number of ether oxygens (including phenoxy) is 1. The second-order valence-corrected chi connectivity index (χ2v) is 8.79. The summed E-state index contributed by atoms with van der Waals surface area (Å²) in [6.07, 6.45) is 5.19. The molecule has 0 bridgehead atoms. The Hall–Kier alpha value is -2.12. The van der Waals surface area contributed by atoms with Crippen molar-refractivity contribution in [1.82, 2.24) is 14.8 Å². The molecule has 1 amide bonds. The molecule has 29 heavy (non-hydrogen) atoms. The normalized spacial score (nSPS) is 24.3. The van der Waals surface area contributed by atoms with Crippen LogP contribution in [0, 0.1) is 11.8 Å². The number of nitrogens with zero attached hydrogens (tertiary/aromatic N) is 3. The van der Waals surface area contributed by atoms with Gasteiger partial charge in [-0.05, 0) is 62.7 Å². The molecule has 7 heteroatoms. The van der Waals surface area contributed by atoms with Crippen molar-refractivity contribution < 1.29 is 13.9 Å². The highest BCUT2D eigenvalue weighted by molar-refractivity contribution is 5.78. The summed E-state index contributed by atoms with van der Waals surface area (Å²) in [4.78, 5) is 21.4. The van der Waals surface area contributed by atoms with Gasteiger partial charge in [0.05, 0.1) is 6.10 Å². The summed E-state index contributed by atoms with van der Waals surface area (Å²) >= 11 is 0. The smallest absolute Gasteiger partial charge is 0.295 e. The molecule has 3 fully saturated rings. The molecule has 3 aliphatic rings. The van der Waals surface area contributed by atoms with Crippen LogP contribution < -0.4 is 5.32 Å². The molecule has 7 nitrogen and oxygen atoms in total. The van der Waals surface area contributed by atoms with Crippen LogP contribution in [0.5, 0.6) is 0 Å². The standard InChI is InChI=1S/C22H30N4O3/c27-21-15-28-18(11-23-22-24-19-3-1-2-4-20(19)29-22)14-26(21)13-17-7-9-25(10-8-17)12-16-5-6-16/h1-4,16-18H,5-15H2,(H,23,24)/t18-/m1/s1. The van der Waals surface area contributed by atoms with Crippen LogP contribution >= 0.6 is 0 Å². The van der Waals surface area contributed by atoms with E-state index in [1.54, 1.807) is 0 Å². The SMILES string of the molecule is O=C1CO[C@H](CNc2nc3ccccc3o2)CN1CC1CCN(CC2CC2)CC1. The number of nitrogens with one attached hydrogen (secondary N) is 1. The Balaban J connectivity index is 1.10. The minimum atomic E-state index is -0.0438. The van der Waals surface area contributed by atoms with E-state index < -0.39 is 0 Å². The molecule has 1 atom stereocenters. The Bertz CT molecular complexity index is 808. The van der Waals surface area contributed by atoms with E-state index in [1.165, 1.54) is 45.3 Å². The van der Waals surface area contributed by atoms with Gasteiger partial charge in [0.1, 0.15) is 12.1 Å². The molecule has 1 N–H and O–H groups in total. The van der Waals surface area contributed by atoms with Gasteiger partial charge in [-0.2, -0.15) is 4.98 Å². The molecule has 1 aliphatic carbocycles. The molecular formula is C22H30N4O3. The van der Waals surface area contributed by atoms with Crippen LogP contribution in [0.15, 0.2) is 28.7 Å². The second kappa shape index (κ2) is 8.32. The first-order valence-electron chi connectivity index (χ1n) is 10.9. The van der Waals surface area contributed by atoms with E-state index >= 15 is 0 Å². The minimum Gasteiger partial charge on any atom is -0.424 e. The quantitative estimate of drug-likeness (QED) is 0.773. The maximum atomic E-state index is 12.4. The third-order valence-electron chi connectivity index (χ3n) is 6.39. The molecule has 0 unspecified atom stereocenters. The van der Waals surface area contributed by atoms with E-state index in [1.807, 2.05) is 29.2 Å². The van der Waals surface area contributed by atoms with Crippen molar-refractivity contribution in [3.05, 3.63) is 24.3 Å². The van der Waals surface area contributed by atoms with Gasteiger partial charge in [0, 0.05) is 26.2 Å². The van der Waals surface area contributed by atoms with Gasteiger partial charge in [-0.1, -0.05) is 12.1 Å². The van der Waals surface area contributed by atoms with Crippen molar-refractivity contribution in [2.75, 3.05) is 51.2 Å². The first-order valence-corrected chi connectivity index (χ1v) is 10.9. The van der Waals surface area contributed by atoms with E-state index in [9.17, 15) is 4.79 Å². The maximum Gasteiger partial charge on any atom is 0.295 e. The number of hydrogen-bond donors (Lipinski definition) is 1. The molecule has 2 saturated heterocycles. The van der Waals surface area contributed by atoms with Gasteiger partial charge in [-0.25, -0.2) is 0 Å². The fourth-order valence-corrected chi connectivity index (χ4v) is 4.46. The lowest BCUT2D eigenvalue weighted by Crippen LogP contribution is -2.51. The second-order valence-electron chi connectivity index (χ2n) is 8.79. The highest BCUT2D eigenvalue weighted by Crippen LogP contribution is 2.31. The Morgan fingerprint density at radius 3 is 2.66 bits per heavy atom. The van der Waals surface area contributed by atoms with Gasteiger partial charge >= 0.3 is 0 Å². The number of likely N-dealkylation sites (tertiary alicyclic amines) is 1. The van der Waals surface area contributed by atoms with Crippen LogP contribution in [0.3, 0.4) is 0 Å². The first-order chi connectivity index (χ1) is 14.2. The lowest BCUT2D eigenvalue weighted by Gasteiger charge is -2.38. The summed E-state index contributed by atoms with van der Waals surface area (Å²) < 4.78 is 11.4. The number of para-hydroxylation sites is 2. The molecular weight excluding hydrogens is 368 g/mol. The fourth-order valence-electron chi connectivity index (χ4n) is 4.46. The zero-order chi connectivity index (χ0) is 19.6. The number of carbonyl (C=O) groups is 1. The van der Waals surface area contributed by atoms with E-state index in [2.05, 4.69) is 15.2 Å². The largest absolute Gasteiger partial charge is 0.424 e. The predicted molar refractivity (Wildman–Crippen MR) is 111 cm³/mol. The Labute approximate surface area is 171 Å². The van der Waals surface area contributed by atoms with Crippen LogP contribution in [0.4, 0.5) is 6.01 Å². The van der Waals surface area contributed by atoms with Crippen molar-refractivity contribution in [1.29, 1.82) is 0 Å². The molecule has 2 aromatic rings. The summed E-state index contributed by atoms with van der Waals surface area (Å²) in [7, 11) is 0. The number of amides is 1. The van der Waals surface area contributed by atoms with E-state index in [-0.39, 0.29) is 18.6 Å². The number of carbonyl (C=O) groups excluding carboxylic acids is 1. The van der Waals surface area contributed by atoms with Gasteiger partial charge in [-0.3, -0.25) is 4.79 Å². The summed E-state index contributed by atoms with van der Waals surface area (Å²) in [5.41, 5.74) is 1.61. The van der Waals surface area contributed by atoms with Crippen molar-refractivity contribution in [2.24, 2.45) is 11.8 Å². The third kappa shape index (κ3) is 4.73. The molecule has 0 radical (unpaired) electrons. The van der Waals surface area contributed by atoms with Gasteiger partial charge < -0.3 is 24.3 Å². The van der Waals surface area contributed by atoms with Gasteiger partial charge in [0.2, 0.25) is 5.91 Å². The molecule has 1 aromatic carbocycles. The number of hydrogen-bond acceptors (Lipinski definition) is 6. The molecule has 1 aromatic heterocycles. The molecule has 2 aliphatic heterocycles. The highest BCUT2D eigenvalue weighted by Gasteiger charge is 2.31. The minimum absolute atomic E-state index is 0.0438. The van der Waals surface area contributed by atoms with E-state index in [4.69, 9.17) is 9.15 Å². The monoisotopic (exact) mass is 398 g/mol. The number of aromatic nitrogens is 1. The van der Waals surface area contributed by atoms with Crippen LogP contribution in [0.25, 0.3) is 11.1 Å². The number of morpholine rings is 1. The number of benzene rings is 1. The Kier molecular flexibility index (Phi) is 5.42. The molecule has 156 valence electrons. The molecule has 3 heterocycles. The Morgan fingerprint density at radius 2 is 1.86 bits per heavy atom. The van der Waals surface area contributed by atoms with E-state index in [0.717, 1.165) is 23.6 Å². The lowest BCUT2D eigenvalue weighted by atomic mass is 9.95. The number of rotatable bonds is 7. The average Bonchev–Trinajstić information content (AvgIpc) is 3.45.